The molecule has 1 fully saturated rings. The first-order chi connectivity index (χ1) is 13.4. The fourth-order valence-electron chi connectivity index (χ4n) is 3.22. The Kier molecular flexibility index (Phi) is 5.99. The van der Waals surface area contributed by atoms with Crippen LogP contribution in [0.25, 0.3) is 0 Å². The van der Waals surface area contributed by atoms with Crippen molar-refractivity contribution in [2.75, 3.05) is 12.0 Å². The summed E-state index contributed by atoms with van der Waals surface area (Å²) in [5, 5.41) is 18.2. The van der Waals surface area contributed by atoms with Gasteiger partial charge in [-0.25, -0.2) is 0 Å². The topological polar surface area (TPSA) is 119 Å². The maximum atomic E-state index is 12.4. The van der Waals surface area contributed by atoms with E-state index in [1.807, 2.05) is 17.7 Å². The smallest absolute Gasteiger partial charge is 0.253 e. The zero-order valence-electron chi connectivity index (χ0n) is 15.0. The molecule has 4 atom stereocenters. The second kappa shape index (κ2) is 8.27. The van der Waals surface area contributed by atoms with Crippen molar-refractivity contribution >= 4 is 46.9 Å². The van der Waals surface area contributed by atoms with Crippen molar-refractivity contribution in [3.8, 4) is 0 Å². The van der Waals surface area contributed by atoms with E-state index in [4.69, 9.17) is 0 Å². The molecule has 1 saturated heterocycles. The van der Waals surface area contributed by atoms with Gasteiger partial charge in [-0.3, -0.25) is 19.3 Å². The minimum Gasteiger partial charge on any atom is -0.543 e. The normalized spacial score (nSPS) is 28.7. The molecule has 3 aliphatic heterocycles. The lowest BCUT2D eigenvalue weighted by atomic mass is 10.0. The molecule has 0 spiro atoms. The number of carboxylic acids is 1. The van der Waals surface area contributed by atoms with E-state index >= 15 is 0 Å². The second-order valence-corrected chi connectivity index (χ2v) is 9.43. The highest BCUT2D eigenvalue weighted by molar-refractivity contribution is 8.00. The van der Waals surface area contributed by atoms with E-state index in [0.29, 0.717) is 17.7 Å². The van der Waals surface area contributed by atoms with Crippen molar-refractivity contribution < 1.29 is 24.3 Å². The SMILES string of the molecule is C=CC1=C(C(=O)[O-])N2C(=O)C(NC(=O)CC3=C[S+](C)C(NC=O)C=C3)[C@H]2SC1. The first-order valence-corrected chi connectivity index (χ1v) is 11.2. The molecule has 3 aliphatic rings. The number of nitrogens with zero attached hydrogens (tertiary/aromatic N) is 1. The van der Waals surface area contributed by atoms with Crippen LogP contribution in [-0.2, 0) is 30.1 Å². The van der Waals surface area contributed by atoms with Crippen LogP contribution in [-0.4, -0.2) is 57.9 Å². The Balaban J connectivity index is 1.62. The van der Waals surface area contributed by atoms with Gasteiger partial charge >= 0.3 is 0 Å². The summed E-state index contributed by atoms with van der Waals surface area (Å²) in [7, 11) is -0.242. The number of aliphatic carboxylic acids is 1. The van der Waals surface area contributed by atoms with Gasteiger partial charge in [0.05, 0.1) is 18.1 Å². The summed E-state index contributed by atoms with van der Waals surface area (Å²) in [5.74, 6) is -1.83. The molecule has 148 valence electrons. The molecule has 0 bridgehead atoms. The van der Waals surface area contributed by atoms with Gasteiger partial charge in [0.2, 0.25) is 17.7 Å². The van der Waals surface area contributed by atoms with Crippen LogP contribution in [0.1, 0.15) is 6.42 Å². The molecule has 0 aromatic heterocycles. The lowest BCUT2D eigenvalue weighted by Crippen LogP contribution is -2.71. The lowest BCUT2D eigenvalue weighted by Gasteiger charge is -2.50. The number of fused-ring (bicyclic) bond motifs is 1. The number of hydrogen-bond donors (Lipinski definition) is 2. The number of carbonyl (C=O) groups is 4. The Morgan fingerprint density at radius 2 is 2.25 bits per heavy atom. The molecule has 3 rings (SSSR count). The molecule has 28 heavy (non-hydrogen) atoms. The van der Waals surface area contributed by atoms with Crippen molar-refractivity contribution in [3.63, 3.8) is 0 Å². The molecular weight excluding hydrogens is 402 g/mol. The van der Waals surface area contributed by atoms with Gasteiger partial charge in [-0.2, -0.15) is 0 Å². The number of rotatable bonds is 7. The maximum Gasteiger partial charge on any atom is 0.253 e. The number of β-lactam (4-membered cyclic amide) rings is 1. The third-order valence-corrected chi connectivity index (χ3v) is 7.64. The van der Waals surface area contributed by atoms with Gasteiger partial charge in [0.1, 0.15) is 23.1 Å². The predicted molar refractivity (Wildman–Crippen MR) is 105 cm³/mol. The number of allylic oxidation sites excluding steroid dienone is 2. The van der Waals surface area contributed by atoms with E-state index in [1.54, 1.807) is 6.08 Å². The Hall–Kier alpha value is -2.46. The van der Waals surface area contributed by atoms with Crippen molar-refractivity contribution in [2.24, 2.45) is 0 Å². The van der Waals surface area contributed by atoms with Crippen LogP contribution in [0.2, 0.25) is 0 Å². The molecule has 0 aromatic carbocycles. The first kappa shape index (κ1) is 20.3. The van der Waals surface area contributed by atoms with E-state index in [9.17, 15) is 24.3 Å². The van der Waals surface area contributed by atoms with E-state index < -0.39 is 23.3 Å². The summed E-state index contributed by atoms with van der Waals surface area (Å²) >= 11 is 1.37. The fourth-order valence-corrected chi connectivity index (χ4v) is 5.94. The number of hydrogen-bond acceptors (Lipinski definition) is 6. The molecule has 2 N–H and O–H groups in total. The van der Waals surface area contributed by atoms with Crippen molar-refractivity contribution in [1.29, 1.82) is 0 Å². The highest BCUT2D eigenvalue weighted by Crippen LogP contribution is 2.40. The first-order valence-electron chi connectivity index (χ1n) is 8.40. The second-order valence-electron chi connectivity index (χ2n) is 6.36. The van der Waals surface area contributed by atoms with E-state index in [2.05, 4.69) is 17.2 Å². The molecule has 10 heteroatoms. The van der Waals surface area contributed by atoms with Gasteiger partial charge in [0, 0.05) is 22.2 Å². The Morgan fingerprint density at radius 3 is 2.86 bits per heavy atom. The molecule has 3 amide bonds. The monoisotopic (exact) mass is 421 g/mol. The summed E-state index contributed by atoms with van der Waals surface area (Å²) < 4.78 is 0. The molecule has 0 aromatic rings. The van der Waals surface area contributed by atoms with E-state index in [-0.39, 0.29) is 34.3 Å². The van der Waals surface area contributed by atoms with Gasteiger partial charge < -0.3 is 20.5 Å². The minimum atomic E-state index is -1.43. The quantitative estimate of drug-likeness (QED) is 0.301. The number of carbonyl (C=O) groups excluding carboxylic acids is 4. The van der Waals surface area contributed by atoms with Crippen LogP contribution >= 0.6 is 11.8 Å². The van der Waals surface area contributed by atoms with Crippen LogP contribution < -0.4 is 15.7 Å². The van der Waals surface area contributed by atoms with Crippen molar-refractivity contribution in [1.82, 2.24) is 15.5 Å². The third kappa shape index (κ3) is 3.74. The number of nitrogens with one attached hydrogen (secondary N) is 2. The maximum absolute atomic E-state index is 12.4. The van der Waals surface area contributed by atoms with Crippen LogP contribution in [0.5, 0.6) is 0 Å². The van der Waals surface area contributed by atoms with Gasteiger partial charge in [-0.15, -0.1) is 11.8 Å². The predicted octanol–water partition coefficient (Wildman–Crippen LogP) is -1.26. The minimum absolute atomic E-state index is 0.0846. The summed E-state index contributed by atoms with van der Waals surface area (Å²) in [6.07, 6.45) is 7.73. The standard InChI is InChI=1S/C18H19N3O5S2/c1-3-11-7-27-17-14(16(24)21(17)15(11)18(25)26)20-12(23)6-10-4-5-13(19-9-22)28(2)8-10/h3-5,8-9,13-14,17H,1,6-7H2,2H3,(H2-,19,20,22,23,25,26)/t13?,14?,17-,28?/m1/s1. The van der Waals surface area contributed by atoms with Gasteiger partial charge in [-0.05, 0) is 11.6 Å². The Morgan fingerprint density at radius 1 is 1.50 bits per heavy atom. The van der Waals surface area contributed by atoms with Crippen molar-refractivity contribution in [3.05, 3.63) is 47.1 Å². The Bertz CT molecular complexity index is 835. The zero-order chi connectivity index (χ0) is 20.4. The van der Waals surface area contributed by atoms with Gasteiger partial charge in [-0.1, -0.05) is 18.7 Å². The largest absolute Gasteiger partial charge is 0.543 e. The van der Waals surface area contributed by atoms with Crippen LogP contribution in [0.3, 0.4) is 0 Å². The zero-order valence-corrected chi connectivity index (χ0v) is 16.7. The highest BCUT2D eigenvalue weighted by Gasteiger charge is 2.52. The summed E-state index contributed by atoms with van der Waals surface area (Å²) in [6.45, 7) is 3.58. The molecule has 8 nitrogen and oxygen atoms in total. The van der Waals surface area contributed by atoms with Crippen molar-refractivity contribution in [2.45, 2.75) is 23.2 Å². The molecule has 0 aliphatic carbocycles. The van der Waals surface area contributed by atoms with E-state index in [1.165, 1.54) is 17.8 Å². The van der Waals surface area contributed by atoms with E-state index in [0.717, 1.165) is 10.5 Å². The third-order valence-electron chi connectivity index (χ3n) is 4.57. The molecule has 3 heterocycles. The molecule has 3 unspecified atom stereocenters. The fraction of sp³-hybridized carbons (Fsp3) is 0.333. The lowest BCUT2D eigenvalue weighted by molar-refractivity contribution is -0.301. The molecular formula is C18H19N3O5S2. The number of carboxylic acid groups (broad SMARTS) is 1. The highest BCUT2D eigenvalue weighted by atomic mass is 32.2. The Labute approximate surface area is 169 Å². The van der Waals surface area contributed by atoms with Gasteiger partial charge in [0.15, 0.2) is 0 Å². The van der Waals surface area contributed by atoms with Crippen LogP contribution in [0, 0.1) is 0 Å². The number of amides is 3. The summed E-state index contributed by atoms with van der Waals surface area (Å²) in [6, 6.07) is -0.768. The average Bonchev–Trinajstić information content (AvgIpc) is 2.66. The average molecular weight is 422 g/mol. The summed E-state index contributed by atoms with van der Waals surface area (Å²) in [5.41, 5.74) is 1.07. The number of thioether (sulfide) groups is 1. The van der Waals surface area contributed by atoms with Crippen LogP contribution in [0.4, 0.5) is 0 Å². The van der Waals surface area contributed by atoms with Gasteiger partial charge in [0.25, 0.3) is 5.91 Å². The molecule has 0 saturated carbocycles. The van der Waals surface area contributed by atoms with Crippen LogP contribution in [0.15, 0.2) is 47.1 Å². The molecule has 0 radical (unpaired) electrons. The summed E-state index contributed by atoms with van der Waals surface area (Å²) in [4.78, 5) is 48.0.